The van der Waals surface area contributed by atoms with E-state index in [-0.39, 0.29) is 23.8 Å². The van der Waals surface area contributed by atoms with E-state index in [9.17, 15) is 14.7 Å². The predicted octanol–water partition coefficient (Wildman–Crippen LogP) is 1.79. The van der Waals surface area contributed by atoms with Gasteiger partial charge in [0, 0.05) is 46.0 Å². The third-order valence-electron chi connectivity index (χ3n) is 5.17. The zero-order chi connectivity index (χ0) is 19.6. The Morgan fingerprint density at radius 1 is 1.18 bits per heavy atom. The average Bonchev–Trinajstić information content (AvgIpc) is 2.92. The number of hydrogen-bond acceptors (Lipinski definition) is 6. The minimum absolute atomic E-state index is 0. The minimum atomic E-state index is -0.549. The van der Waals surface area contributed by atoms with Gasteiger partial charge in [-0.15, -0.1) is 12.4 Å². The molecule has 3 rings (SSSR count). The van der Waals surface area contributed by atoms with Gasteiger partial charge in [-0.1, -0.05) is 12.1 Å². The first-order valence-corrected chi connectivity index (χ1v) is 9.22. The Kier molecular flexibility index (Phi) is 7.46. The number of carbonyl (C=O) groups is 2. The van der Waals surface area contributed by atoms with E-state index in [1.54, 1.807) is 4.90 Å². The molecule has 2 heterocycles. The lowest BCUT2D eigenvalue weighted by Gasteiger charge is -2.31. The second kappa shape index (κ2) is 9.41. The Morgan fingerprint density at radius 2 is 1.79 bits per heavy atom. The Hall–Kier alpha value is -2.09. The first kappa shape index (κ1) is 22.2. The molecule has 1 saturated heterocycles. The monoisotopic (exact) mass is 409 g/mol. The van der Waals surface area contributed by atoms with Gasteiger partial charge >= 0.3 is 0 Å². The zero-order valence-electron chi connectivity index (χ0n) is 16.6. The number of morpholine rings is 1. The van der Waals surface area contributed by atoms with E-state index in [0.29, 0.717) is 26.3 Å². The summed E-state index contributed by atoms with van der Waals surface area (Å²) in [4.78, 5) is 30.7. The molecule has 1 atom stereocenters. The van der Waals surface area contributed by atoms with Crippen molar-refractivity contribution in [3.05, 3.63) is 41.2 Å². The maximum atomic E-state index is 12.7. The van der Waals surface area contributed by atoms with E-state index in [1.165, 1.54) is 6.92 Å². The number of ether oxygens (including phenoxy) is 1. The fourth-order valence-corrected chi connectivity index (χ4v) is 3.62. The van der Waals surface area contributed by atoms with Gasteiger partial charge in [-0.25, -0.2) is 0 Å². The number of Topliss-reactive ketones (excluding diaryl/α,β-unsaturated/α-hetero) is 1. The van der Waals surface area contributed by atoms with Crippen LogP contribution in [0.15, 0.2) is 35.6 Å². The molecule has 1 aromatic rings. The van der Waals surface area contributed by atoms with Crippen molar-refractivity contribution >= 4 is 29.8 Å². The number of aliphatic hydroxyl groups excluding tert-OH is 1. The van der Waals surface area contributed by atoms with Crippen molar-refractivity contribution in [2.24, 2.45) is 0 Å². The number of halogens is 1. The molecule has 2 aliphatic rings. The second-order valence-electron chi connectivity index (χ2n) is 7.16. The summed E-state index contributed by atoms with van der Waals surface area (Å²) in [5, 5.41) is 10.3. The molecule has 0 spiro atoms. The molecule has 28 heavy (non-hydrogen) atoms. The van der Waals surface area contributed by atoms with Crippen molar-refractivity contribution in [1.82, 2.24) is 9.80 Å². The van der Waals surface area contributed by atoms with Gasteiger partial charge in [0.05, 0.1) is 24.8 Å². The van der Waals surface area contributed by atoms with Crippen molar-refractivity contribution in [2.45, 2.75) is 13.0 Å². The quantitative estimate of drug-likeness (QED) is 0.772. The summed E-state index contributed by atoms with van der Waals surface area (Å²) in [6, 6.07) is 7.18. The van der Waals surface area contributed by atoms with Gasteiger partial charge in [0.1, 0.15) is 0 Å². The molecule has 0 radical (unpaired) electrons. The van der Waals surface area contributed by atoms with Gasteiger partial charge < -0.3 is 19.6 Å². The largest absolute Gasteiger partial charge is 0.503 e. The van der Waals surface area contributed by atoms with E-state index < -0.39 is 17.7 Å². The number of ketones is 1. The van der Waals surface area contributed by atoms with Crippen LogP contribution in [0.5, 0.6) is 0 Å². The summed E-state index contributed by atoms with van der Waals surface area (Å²) < 4.78 is 5.36. The maximum absolute atomic E-state index is 12.7. The highest BCUT2D eigenvalue weighted by molar-refractivity contribution is 6.08. The van der Waals surface area contributed by atoms with Gasteiger partial charge in [0.25, 0.3) is 5.91 Å². The fraction of sp³-hybridized carbons (Fsp3) is 0.500. The summed E-state index contributed by atoms with van der Waals surface area (Å²) in [6.07, 6.45) is 0. The van der Waals surface area contributed by atoms with Crippen LogP contribution < -0.4 is 4.90 Å². The molecule has 1 N–H and O–H groups in total. The zero-order valence-corrected chi connectivity index (χ0v) is 17.4. The Balaban J connectivity index is 0.00000280. The summed E-state index contributed by atoms with van der Waals surface area (Å²) in [6.45, 7) is 5.54. The first-order chi connectivity index (χ1) is 12.9. The first-order valence-electron chi connectivity index (χ1n) is 9.22. The van der Waals surface area contributed by atoms with Crippen LogP contribution in [0.1, 0.15) is 18.5 Å². The number of benzene rings is 1. The molecular formula is C20H28ClN3O4. The number of amides is 1. The standard InChI is InChI=1S/C20H27N3O4.ClH/c1-14(24)17-18(15-4-6-16(7-5-15)21(2)3)23(20(26)19(17)25)9-8-22-10-12-27-13-11-22;/h4-7,18,25H,8-13H2,1-3H3;1H. The normalized spacial score (nSPS) is 20.3. The topological polar surface area (TPSA) is 73.3 Å². The fourth-order valence-electron chi connectivity index (χ4n) is 3.62. The molecule has 0 bridgehead atoms. The van der Waals surface area contributed by atoms with Crippen LogP contribution in [-0.2, 0) is 14.3 Å². The van der Waals surface area contributed by atoms with Gasteiger partial charge in [0.15, 0.2) is 11.5 Å². The lowest BCUT2D eigenvalue weighted by Crippen LogP contribution is -2.43. The molecule has 0 aromatic heterocycles. The van der Waals surface area contributed by atoms with Crippen LogP contribution >= 0.6 is 12.4 Å². The number of carbonyl (C=O) groups excluding carboxylic acids is 2. The highest BCUT2D eigenvalue weighted by atomic mass is 35.5. The van der Waals surface area contributed by atoms with Crippen LogP contribution in [0, 0.1) is 0 Å². The van der Waals surface area contributed by atoms with E-state index in [4.69, 9.17) is 4.74 Å². The van der Waals surface area contributed by atoms with Crippen LogP contribution in [0.2, 0.25) is 0 Å². The van der Waals surface area contributed by atoms with E-state index in [1.807, 2.05) is 43.3 Å². The average molecular weight is 410 g/mol. The van der Waals surface area contributed by atoms with Crippen molar-refractivity contribution in [3.8, 4) is 0 Å². The third kappa shape index (κ3) is 4.48. The van der Waals surface area contributed by atoms with Gasteiger partial charge in [-0.3, -0.25) is 14.5 Å². The molecular weight excluding hydrogens is 382 g/mol. The summed E-state index contributed by atoms with van der Waals surface area (Å²) in [5.41, 5.74) is 2.03. The van der Waals surface area contributed by atoms with Crippen molar-refractivity contribution in [1.29, 1.82) is 0 Å². The summed E-state index contributed by atoms with van der Waals surface area (Å²) >= 11 is 0. The molecule has 1 unspecified atom stereocenters. The Bertz CT molecular complexity index is 742. The number of anilines is 1. The Morgan fingerprint density at radius 3 is 2.32 bits per heavy atom. The molecule has 1 aromatic carbocycles. The Labute approximate surface area is 172 Å². The lowest BCUT2D eigenvalue weighted by molar-refractivity contribution is -0.129. The summed E-state index contributed by atoms with van der Waals surface area (Å²) in [7, 11) is 3.91. The number of nitrogens with zero attached hydrogens (tertiary/aromatic N) is 3. The number of hydrogen-bond donors (Lipinski definition) is 1. The van der Waals surface area contributed by atoms with Crippen LogP contribution in [0.25, 0.3) is 0 Å². The maximum Gasteiger partial charge on any atom is 0.290 e. The van der Waals surface area contributed by atoms with E-state index in [0.717, 1.165) is 24.3 Å². The third-order valence-corrected chi connectivity index (χ3v) is 5.17. The minimum Gasteiger partial charge on any atom is -0.503 e. The highest BCUT2D eigenvalue weighted by Gasteiger charge is 2.42. The van der Waals surface area contributed by atoms with Crippen molar-refractivity contribution in [2.75, 3.05) is 58.4 Å². The molecule has 0 saturated carbocycles. The van der Waals surface area contributed by atoms with Crippen molar-refractivity contribution < 1.29 is 19.4 Å². The number of aliphatic hydroxyl groups is 1. The van der Waals surface area contributed by atoms with Crippen LogP contribution in [0.3, 0.4) is 0 Å². The van der Waals surface area contributed by atoms with Crippen LogP contribution in [0.4, 0.5) is 5.69 Å². The smallest absolute Gasteiger partial charge is 0.290 e. The molecule has 8 heteroatoms. The van der Waals surface area contributed by atoms with Gasteiger partial charge in [0.2, 0.25) is 0 Å². The predicted molar refractivity (Wildman–Crippen MR) is 110 cm³/mol. The molecule has 154 valence electrons. The highest BCUT2D eigenvalue weighted by Crippen LogP contribution is 2.37. The molecule has 1 amide bonds. The van der Waals surface area contributed by atoms with Gasteiger partial charge in [-0.2, -0.15) is 0 Å². The molecule has 0 aliphatic carbocycles. The lowest BCUT2D eigenvalue weighted by atomic mass is 9.96. The molecule has 1 fully saturated rings. The number of rotatable bonds is 6. The summed E-state index contributed by atoms with van der Waals surface area (Å²) in [5.74, 6) is -1.18. The molecule has 2 aliphatic heterocycles. The van der Waals surface area contributed by atoms with E-state index in [2.05, 4.69) is 4.90 Å². The SMILES string of the molecule is CC(=O)C1=C(O)C(=O)N(CCN2CCOCC2)C1c1ccc(N(C)C)cc1.Cl. The second-order valence-corrected chi connectivity index (χ2v) is 7.16. The van der Waals surface area contributed by atoms with Crippen LogP contribution in [-0.4, -0.2) is 80.1 Å². The van der Waals surface area contributed by atoms with Crippen molar-refractivity contribution in [3.63, 3.8) is 0 Å². The van der Waals surface area contributed by atoms with Gasteiger partial charge in [-0.05, 0) is 24.6 Å². The van der Waals surface area contributed by atoms with E-state index >= 15 is 0 Å². The molecule has 7 nitrogen and oxygen atoms in total.